The monoisotopic (exact) mass is 381 g/mol. The van der Waals surface area contributed by atoms with Crippen molar-refractivity contribution in [3.63, 3.8) is 0 Å². The molecule has 0 saturated carbocycles. The maximum Gasteiger partial charge on any atom is 0.246 e. The summed E-state index contributed by atoms with van der Waals surface area (Å²) in [5.41, 5.74) is -1.76. The smallest absolute Gasteiger partial charge is 0.246 e. The van der Waals surface area contributed by atoms with E-state index in [4.69, 9.17) is 4.74 Å². The van der Waals surface area contributed by atoms with Crippen molar-refractivity contribution in [2.24, 2.45) is 11.8 Å². The van der Waals surface area contributed by atoms with Crippen LogP contribution in [0, 0.1) is 11.8 Å². The second-order valence-electron chi connectivity index (χ2n) is 8.44. The highest BCUT2D eigenvalue weighted by Gasteiger charge is 2.77. The first-order chi connectivity index (χ1) is 12.7. The lowest BCUT2D eigenvalue weighted by Crippen LogP contribution is -2.56. The van der Waals surface area contributed by atoms with Gasteiger partial charge in [-0.1, -0.05) is 6.92 Å². The van der Waals surface area contributed by atoms with Crippen molar-refractivity contribution in [2.45, 2.75) is 70.2 Å². The standard InChI is InChI=1S/C19H31N3O5/c1-5-8-20-15(24)12-13-17(26)22(9-10-23)14(16(25)21-11(2)3)19(13)7-6-18(12,4)27-19/h11-14,23H,5-10H2,1-4H3,(H,20,24)(H,21,25)/t12-,13-,14?,18+,19?/m0/s1. The van der Waals surface area contributed by atoms with Crippen molar-refractivity contribution in [1.82, 2.24) is 15.5 Å². The molecule has 3 rings (SSSR count). The van der Waals surface area contributed by atoms with Gasteiger partial charge in [0.05, 0.1) is 24.0 Å². The van der Waals surface area contributed by atoms with Crippen LogP contribution in [0.15, 0.2) is 0 Å². The largest absolute Gasteiger partial charge is 0.395 e. The Bertz CT molecular complexity index is 639. The number of hydrogen-bond donors (Lipinski definition) is 3. The number of amides is 3. The Hall–Kier alpha value is -1.67. The highest BCUT2D eigenvalue weighted by atomic mass is 16.5. The van der Waals surface area contributed by atoms with Crippen LogP contribution < -0.4 is 10.6 Å². The summed E-state index contributed by atoms with van der Waals surface area (Å²) in [6.45, 7) is 7.90. The van der Waals surface area contributed by atoms with Crippen LogP contribution in [-0.4, -0.2) is 70.7 Å². The molecule has 3 aliphatic heterocycles. The molecule has 5 atom stereocenters. The van der Waals surface area contributed by atoms with E-state index < -0.39 is 29.1 Å². The van der Waals surface area contributed by atoms with E-state index >= 15 is 0 Å². The first kappa shape index (κ1) is 20.1. The molecule has 152 valence electrons. The Balaban J connectivity index is 2.00. The number of carbonyl (C=O) groups is 3. The maximum atomic E-state index is 13.3. The van der Waals surface area contributed by atoms with Gasteiger partial charge in [0, 0.05) is 19.1 Å². The topological polar surface area (TPSA) is 108 Å². The Morgan fingerprint density at radius 1 is 1.33 bits per heavy atom. The average molecular weight is 381 g/mol. The number of hydrogen-bond acceptors (Lipinski definition) is 5. The maximum absolute atomic E-state index is 13.3. The third-order valence-corrected chi connectivity index (χ3v) is 6.13. The molecule has 0 aromatic carbocycles. The van der Waals surface area contributed by atoms with E-state index in [0.29, 0.717) is 19.4 Å². The summed E-state index contributed by atoms with van der Waals surface area (Å²) in [5, 5.41) is 15.2. The fourth-order valence-corrected chi connectivity index (χ4v) is 5.20. The summed E-state index contributed by atoms with van der Waals surface area (Å²) < 4.78 is 6.38. The molecule has 3 aliphatic rings. The van der Waals surface area contributed by atoms with Crippen LogP contribution in [0.3, 0.4) is 0 Å². The molecule has 1 spiro atoms. The minimum Gasteiger partial charge on any atom is -0.395 e. The van der Waals surface area contributed by atoms with E-state index in [1.807, 2.05) is 27.7 Å². The Morgan fingerprint density at radius 2 is 2.04 bits per heavy atom. The molecule has 0 radical (unpaired) electrons. The predicted molar refractivity (Wildman–Crippen MR) is 97.6 cm³/mol. The van der Waals surface area contributed by atoms with E-state index in [9.17, 15) is 19.5 Å². The van der Waals surface area contributed by atoms with Crippen LogP contribution in [0.5, 0.6) is 0 Å². The molecule has 8 nitrogen and oxygen atoms in total. The normalized spacial score (nSPS) is 37.0. The summed E-state index contributed by atoms with van der Waals surface area (Å²) in [7, 11) is 0. The Morgan fingerprint density at radius 3 is 2.63 bits per heavy atom. The molecule has 3 fully saturated rings. The second-order valence-corrected chi connectivity index (χ2v) is 8.44. The highest BCUT2D eigenvalue weighted by Crippen LogP contribution is 2.63. The van der Waals surface area contributed by atoms with E-state index in [1.54, 1.807) is 0 Å². The summed E-state index contributed by atoms with van der Waals surface area (Å²) >= 11 is 0. The molecule has 3 saturated heterocycles. The predicted octanol–water partition coefficient (Wildman–Crippen LogP) is -0.206. The number of nitrogens with one attached hydrogen (secondary N) is 2. The zero-order valence-electron chi connectivity index (χ0n) is 16.6. The minimum absolute atomic E-state index is 0.0522. The number of carbonyl (C=O) groups excluding carboxylic acids is 3. The van der Waals surface area contributed by atoms with Crippen LogP contribution in [0.1, 0.15) is 47.0 Å². The number of aliphatic hydroxyl groups excluding tert-OH is 1. The van der Waals surface area contributed by atoms with Crippen molar-refractivity contribution < 1.29 is 24.2 Å². The van der Waals surface area contributed by atoms with Gasteiger partial charge in [0.15, 0.2) is 0 Å². The zero-order valence-corrected chi connectivity index (χ0v) is 16.6. The van der Waals surface area contributed by atoms with Crippen LogP contribution in [0.25, 0.3) is 0 Å². The van der Waals surface area contributed by atoms with E-state index in [1.165, 1.54) is 4.90 Å². The molecule has 3 amide bonds. The lowest BCUT2D eigenvalue weighted by Gasteiger charge is -2.33. The van der Waals surface area contributed by atoms with Gasteiger partial charge >= 0.3 is 0 Å². The summed E-state index contributed by atoms with van der Waals surface area (Å²) in [6.07, 6.45) is 1.98. The SMILES string of the molecule is CCCNC(=O)[C@@H]1[C@H]2C(=O)N(CCO)C(C(=O)NC(C)C)C23CC[C@@]1(C)O3. The highest BCUT2D eigenvalue weighted by molar-refractivity contribution is 5.99. The van der Waals surface area contributed by atoms with E-state index in [-0.39, 0.29) is 36.9 Å². The van der Waals surface area contributed by atoms with Gasteiger partial charge < -0.3 is 25.4 Å². The van der Waals surface area contributed by atoms with E-state index in [0.717, 1.165) is 6.42 Å². The third-order valence-electron chi connectivity index (χ3n) is 6.13. The van der Waals surface area contributed by atoms with Gasteiger partial charge in [-0.05, 0) is 40.0 Å². The van der Waals surface area contributed by atoms with Crippen molar-refractivity contribution in [3.05, 3.63) is 0 Å². The van der Waals surface area contributed by atoms with Crippen LogP contribution in [0.4, 0.5) is 0 Å². The molecule has 3 N–H and O–H groups in total. The van der Waals surface area contributed by atoms with Crippen LogP contribution in [-0.2, 0) is 19.1 Å². The molecule has 8 heteroatoms. The van der Waals surface area contributed by atoms with Gasteiger partial charge in [-0.15, -0.1) is 0 Å². The Labute approximate surface area is 160 Å². The molecule has 3 heterocycles. The minimum atomic E-state index is -1.01. The van der Waals surface area contributed by atoms with Gasteiger partial charge in [-0.2, -0.15) is 0 Å². The van der Waals surface area contributed by atoms with Gasteiger partial charge in [0.25, 0.3) is 0 Å². The van der Waals surface area contributed by atoms with Crippen molar-refractivity contribution in [1.29, 1.82) is 0 Å². The number of aliphatic hydroxyl groups is 1. The molecular formula is C19H31N3O5. The summed E-state index contributed by atoms with van der Waals surface area (Å²) in [6, 6.07) is -0.910. The fraction of sp³-hybridized carbons (Fsp3) is 0.842. The van der Waals surface area contributed by atoms with Crippen LogP contribution in [0.2, 0.25) is 0 Å². The van der Waals surface area contributed by atoms with Crippen molar-refractivity contribution in [3.8, 4) is 0 Å². The first-order valence-electron chi connectivity index (χ1n) is 9.91. The number of rotatable bonds is 7. The third kappa shape index (κ3) is 2.93. The fourth-order valence-electron chi connectivity index (χ4n) is 5.20. The Kier molecular flexibility index (Phi) is 5.24. The van der Waals surface area contributed by atoms with Gasteiger partial charge in [-0.25, -0.2) is 0 Å². The van der Waals surface area contributed by atoms with Crippen molar-refractivity contribution >= 4 is 17.7 Å². The molecule has 0 aromatic rings. The van der Waals surface area contributed by atoms with Crippen molar-refractivity contribution in [2.75, 3.05) is 19.7 Å². The lowest BCUT2D eigenvalue weighted by molar-refractivity contribution is -0.146. The molecule has 27 heavy (non-hydrogen) atoms. The van der Waals surface area contributed by atoms with Crippen LogP contribution >= 0.6 is 0 Å². The van der Waals surface area contributed by atoms with E-state index in [2.05, 4.69) is 10.6 Å². The lowest BCUT2D eigenvalue weighted by atomic mass is 9.66. The van der Waals surface area contributed by atoms with Gasteiger partial charge in [0.2, 0.25) is 17.7 Å². The second kappa shape index (κ2) is 7.05. The number of ether oxygens (including phenoxy) is 1. The average Bonchev–Trinajstić information content (AvgIpc) is 3.14. The summed E-state index contributed by atoms with van der Waals surface area (Å²) in [5.74, 6) is -2.06. The molecule has 2 bridgehead atoms. The number of nitrogens with zero attached hydrogens (tertiary/aromatic N) is 1. The quantitative estimate of drug-likeness (QED) is 0.566. The molecule has 2 unspecified atom stereocenters. The molecule has 0 aromatic heterocycles. The molecular weight excluding hydrogens is 350 g/mol. The van der Waals surface area contributed by atoms with Gasteiger partial charge in [-0.3, -0.25) is 14.4 Å². The molecule has 0 aliphatic carbocycles. The number of fused-ring (bicyclic) bond motifs is 1. The summed E-state index contributed by atoms with van der Waals surface area (Å²) in [4.78, 5) is 40.6. The van der Waals surface area contributed by atoms with Gasteiger partial charge in [0.1, 0.15) is 11.6 Å². The number of likely N-dealkylation sites (tertiary alicyclic amines) is 1. The number of β-amino-alcohol motifs (C(OH)–C–C–N with tert-alkyl or cyclic N) is 1. The first-order valence-corrected chi connectivity index (χ1v) is 9.91. The zero-order chi connectivity index (χ0) is 20.0.